The van der Waals surface area contributed by atoms with Gasteiger partial charge in [0, 0.05) is 24.7 Å². The highest BCUT2D eigenvalue weighted by molar-refractivity contribution is 6.38. The topological polar surface area (TPSA) is 75.5 Å². The Kier molecular flexibility index (Phi) is 6.92. The van der Waals surface area contributed by atoms with Crippen LogP contribution in [-0.2, 0) is 0 Å². The van der Waals surface area contributed by atoms with Crippen molar-refractivity contribution in [1.29, 1.82) is 0 Å². The predicted molar refractivity (Wildman–Crippen MR) is 144 cm³/mol. The Hall–Kier alpha value is -3.07. The van der Waals surface area contributed by atoms with Gasteiger partial charge in [-0.3, -0.25) is 0 Å². The van der Waals surface area contributed by atoms with E-state index in [0.29, 0.717) is 42.1 Å². The zero-order valence-electron chi connectivity index (χ0n) is 18.0. The van der Waals surface area contributed by atoms with Gasteiger partial charge in [-0.05, 0) is 30.3 Å². The maximum Gasteiger partial charge on any atom is 0.191 e. The number of benzene rings is 2. The quantitative estimate of drug-likeness (QED) is 0.122. The second-order valence-corrected chi connectivity index (χ2v) is 9.45. The first-order chi connectivity index (χ1) is 17.3. The number of hydrogen-bond acceptors (Lipinski definition) is 4. The van der Waals surface area contributed by atoms with Crippen molar-refractivity contribution in [2.75, 3.05) is 0 Å². The Bertz CT molecular complexity index is 1690. The molecule has 0 N–H and O–H groups in total. The summed E-state index contributed by atoms with van der Waals surface area (Å²) in [5.74, 6) is 0. The van der Waals surface area contributed by atoms with Crippen LogP contribution in [0.3, 0.4) is 0 Å². The van der Waals surface area contributed by atoms with Crippen molar-refractivity contribution < 1.29 is 4.73 Å². The van der Waals surface area contributed by atoms with E-state index in [9.17, 15) is 5.21 Å². The molecule has 0 aliphatic carbocycles. The van der Waals surface area contributed by atoms with E-state index in [1.807, 2.05) is 0 Å². The highest BCUT2D eigenvalue weighted by Gasteiger charge is 2.13. The number of nitrogens with zero attached hydrogens (tertiary/aromatic N) is 6. The number of para-hydroxylation sites is 2. The zero-order valence-corrected chi connectivity index (χ0v) is 21.8. The van der Waals surface area contributed by atoms with Gasteiger partial charge >= 0.3 is 0 Å². The minimum atomic E-state index is 0.405. The molecule has 12 heteroatoms. The van der Waals surface area contributed by atoms with Gasteiger partial charge in [0.05, 0.1) is 36.4 Å². The monoisotopic (exact) mass is 576 g/mol. The minimum Gasteiger partial charge on any atom is -0.619 e. The van der Waals surface area contributed by atoms with E-state index in [1.165, 1.54) is 12.4 Å². The number of aromatic nitrogens is 6. The van der Waals surface area contributed by atoms with Crippen LogP contribution in [0.2, 0.25) is 25.2 Å². The summed E-state index contributed by atoms with van der Waals surface area (Å²) >= 11 is 30.5. The number of fused-ring (bicyclic) bond motifs is 2. The lowest BCUT2D eigenvalue weighted by Gasteiger charge is -2.05. The van der Waals surface area contributed by atoms with E-state index < -0.39 is 0 Å². The van der Waals surface area contributed by atoms with Crippen LogP contribution >= 0.6 is 58.0 Å². The molecular formula is C24H13Cl5N6O. The number of halogens is 5. The van der Waals surface area contributed by atoms with Crippen LogP contribution in [0.5, 0.6) is 0 Å². The van der Waals surface area contributed by atoms with Crippen molar-refractivity contribution in [3.63, 3.8) is 0 Å². The molecule has 0 spiro atoms. The summed E-state index contributed by atoms with van der Waals surface area (Å²) in [6, 6.07) is 14.0. The fourth-order valence-corrected chi connectivity index (χ4v) is 4.85. The van der Waals surface area contributed by atoms with Crippen LogP contribution in [0.4, 0.5) is 0 Å². The van der Waals surface area contributed by atoms with Gasteiger partial charge in [0.1, 0.15) is 22.0 Å². The molecule has 0 unspecified atom stereocenters. The van der Waals surface area contributed by atoms with Gasteiger partial charge in [-0.25, -0.2) is 14.3 Å². The lowest BCUT2D eigenvalue weighted by atomic mass is 10.3. The molecule has 0 bridgehead atoms. The molecule has 4 aromatic heterocycles. The normalized spacial score (nSPS) is 11.0. The Morgan fingerprint density at radius 1 is 0.694 bits per heavy atom. The second kappa shape index (κ2) is 10.1. The summed E-state index contributed by atoms with van der Waals surface area (Å²) in [5, 5.41) is 23.9. The number of pyridine rings is 2. The Balaban J connectivity index is 0.000000148. The molecule has 7 nitrogen and oxygen atoms in total. The van der Waals surface area contributed by atoms with Crippen LogP contribution in [0.15, 0.2) is 79.5 Å². The number of hydrogen-bond donors (Lipinski definition) is 0. The first-order valence-electron chi connectivity index (χ1n) is 10.3. The van der Waals surface area contributed by atoms with E-state index in [1.54, 1.807) is 76.5 Å². The number of rotatable bonds is 2. The summed E-state index contributed by atoms with van der Waals surface area (Å²) in [5.41, 5.74) is 2.69. The summed E-state index contributed by atoms with van der Waals surface area (Å²) in [6.07, 6.45) is 7.93. The maximum atomic E-state index is 11.2. The van der Waals surface area contributed by atoms with Gasteiger partial charge in [-0.2, -0.15) is 14.9 Å². The van der Waals surface area contributed by atoms with Crippen LogP contribution in [0.1, 0.15) is 0 Å². The summed E-state index contributed by atoms with van der Waals surface area (Å²) < 4.78 is 3.92. The molecule has 0 amide bonds. The third-order valence-electron chi connectivity index (χ3n) is 5.14. The first-order valence-corrected chi connectivity index (χ1v) is 12.2. The molecular weight excluding hydrogens is 566 g/mol. The molecule has 0 aliphatic rings. The highest BCUT2D eigenvalue weighted by atomic mass is 35.5. The van der Waals surface area contributed by atoms with Crippen LogP contribution in [-0.4, -0.2) is 24.5 Å². The smallest absolute Gasteiger partial charge is 0.191 e. The van der Waals surface area contributed by atoms with Crippen LogP contribution < -0.4 is 4.73 Å². The fourth-order valence-electron chi connectivity index (χ4n) is 3.51. The average molecular weight is 579 g/mol. The molecule has 0 saturated carbocycles. The molecule has 6 aromatic rings. The molecule has 0 saturated heterocycles. The summed E-state index contributed by atoms with van der Waals surface area (Å²) in [6.45, 7) is 0. The Morgan fingerprint density at radius 2 is 1.25 bits per heavy atom. The lowest BCUT2D eigenvalue weighted by molar-refractivity contribution is -0.603. The van der Waals surface area contributed by atoms with Crippen molar-refractivity contribution in [3.05, 3.63) is 110 Å². The van der Waals surface area contributed by atoms with Crippen LogP contribution in [0, 0.1) is 5.21 Å². The van der Waals surface area contributed by atoms with Gasteiger partial charge < -0.3 is 5.21 Å². The average Bonchev–Trinajstić information content (AvgIpc) is 3.44. The van der Waals surface area contributed by atoms with Crippen molar-refractivity contribution in [2.45, 2.75) is 0 Å². The Labute approximate surface area is 229 Å². The van der Waals surface area contributed by atoms with Crippen molar-refractivity contribution in [3.8, 4) is 11.4 Å². The van der Waals surface area contributed by atoms with Gasteiger partial charge in [0.25, 0.3) is 0 Å². The zero-order chi connectivity index (χ0) is 25.4. The van der Waals surface area contributed by atoms with Crippen molar-refractivity contribution in [2.24, 2.45) is 0 Å². The highest BCUT2D eigenvalue weighted by Crippen LogP contribution is 2.30. The fraction of sp³-hybridized carbons (Fsp3) is 0. The molecule has 0 fully saturated rings. The molecule has 6 rings (SSSR count). The van der Waals surface area contributed by atoms with E-state index in [-0.39, 0.29) is 0 Å². The van der Waals surface area contributed by atoms with Gasteiger partial charge in [-0.15, -0.1) is 0 Å². The summed E-state index contributed by atoms with van der Waals surface area (Å²) in [7, 11) is 0. The molecule has 4 heterocycles. The predicted octanol–water partition coefficient (Wildman–Crippen LogP) is 7.35. The molecule has 0 atom stereocenters. The summed E-state index contributed by atoms with van der Waals surface area (Å²) in [4.78, 5) is 4.01. The molecule has 2 aromatic carbocycles. The third-order valence-corrected chi connectivity index (χ3v) is 6.66. The SMILES string of the molecule is Clc1cccc(Cl)c1-n1cc2c(Cl)nccc2n1.[O-][n+]1ccc2nn(-c3c(Cl)cccc3Cl)cc2c1. The van der Waals surface area contributed by atoms with Gasteiger partial charge in [-0.1, -0.05) is 70.1 Å². The largest absolute Gasteiger partial charge is 0.619 e. The van der Waals surface area contributed by atoms with E-state index in [4.69, 9.17) is 58.0 Å². The van der Waals surface area contributed by atoms with Crippen molar-refractivity contribution >= 4 is 79.8 Å². The van der Waals surface area contributed by atoms with E-state index >= 15 is 0 Å². The van der Waals surface area contributed by atoms with E-state index in [0.717, 1.165) is 21.0 Å². The molecule has 180 valence electrons. The standard InChI is InChI=1S/C12H6Cl3N3.C12H7Cl2N3O/c13-8-2-1-3-9(14)11(8)18-6-7-10(17-18)4-5-16-12(7)15;13-9-2-1-3-10(14)12(9)17-7-8-6-16(18)5-4-11(8)15-17/h1-6H;1-7H. The van der Waals surface area contributed by atoms with Gasteiger partial charge in [0.2, 0.25) is 0 Å². The van der Waals surface area contributed by atoms with Gasteiger partial charge in [0.15, 0.2) is 12.4 Å². The van der Waals surface area contributed by atoms with Crippen LogP contribution in [0.25, 0.3) is 33.2 Å². The van der Waals surface area contributed by atoms with Crippen molar-refractivity contribution in [1.82, 2.24) is 24.5 Å². The lowest BCUT2D eigenvalue weighted by Crippen LogP contribution is -2.23. The maximum absolute atomic E-state index is 11.2. The molecule has 36 heavy (non-hydrogen) atoms. The third kappa shape index (κ3) is 4.81. The second-order valence-electron chi connectivity index (χ2n) is 7.47. The Morgan fingerprint density at radius 3 is 1.83 bits per heavy atom. The molecule has 0 aliphatic heterocycles. The first kappa shape index (κ1) is 24.6. The van der Waals surface area contributed by atoms with E-state index in [2.05, 4.69) is 15.2 Å². The molecule has 0 radical (unpaired) electrons. The minimum absolute atomic E-state index is 0.405.